The Hall–Kier alpha value is -1.39. The zero-order chi connectivity index (χ0) is 11.5. The molecule has 0 aliphatic rings. The molecule has 0 aliphatic carbocycles. The molecular formula is C10H11F3O2. The first-order chi connectivity index (χ1) is 6.94. The average Bonchev–Trinajstić information content (AvgIpc) is 2.10. The fourth-order valence-corrected chi connectivity index (χ4v) is 1.14. The van der Waals surface area contributed by atoms with Gasteiger partial charge in [0.15, 0.2) is 11.5 Å². The van der Waals surface area contributed by atoms with Crippen LogP contribution in [0.2, 0.25) is 0 Å². The predicted octanol–water partition coefficient (Wildman–Crippen LogP) is 3.29. The zero-order valence-electron chi connectivity index (χ0n) is 8.39. The van der Waals surface area contributed by atoms with Crippen molar-refractivity contribution in [3.05, 3.63) is 23.8 Å². The van der Waals surface area contributed by atoms with E-state index in [9.17, 15) is 13.2 Å². The fraction of sp³-hybridized carbons (Fsp3) is 0.400. The Morgan fingerprint density at radius 3 is 2.47 bits per heavy atom. The lowest BCUT2D eigenvalue weighted by atomic mass is 10.2. The summed E-state index contributed by atoms with van der Waals surface area (Å²) in [5.74, 6) is -0.165. The smallest absolute Gasteiger partial charge is 0.490 e. The third-order valence-corrected chi connectivity index (χ3v) is 1.69. The van der Waals surface area contributed by atoms with Crippen LogP contribution in [-0.2, 0) is 0 Å². The number of aryl methyl sites for hydroxylation is 1. The van der Waals surface area contributed by atoms with Crippen LogP contribution in [0.3, 0.4) is 0 Å². The van der Waals surface area contributed by atoms with Gasteiger partial charge in [-0.1, -0.05) is 12.1 Å². The molecule has 0 N–H and O–H groups in total. The van der Waals surface area contributed by atoms with Gasteiger partial charge in [-0.2, -0.15) is 0 Å². The molecule has 0 atom stereocenters. The van der Waals surface area contributed by atoms with Gasteiger partial charge in [0, 0.05) is 0 Å². The molecule has 0 aromatic heterocycles. The van der Waals surface area contributed by atoms with Gasteiger partial charge < -0.3 is 9.47 Å². The van der Waals surface area contributed by atoms with E-state index in [4.69, 9.17) is 4.74 Å². The molecule has 15 heavy (non-hydrogen) atoms. The van der Waals surface area contributed by atoms with E-state index in [0.717, 1.165) is 0 Å². The second-order valence-corrected chi connectivity index (χ2v) is 2.88. The van der Waals surface area contributed by atoms with Crippen molar-refractivity contribution < 1.29 is 22.6 Å². The van der Waals surface area contributed by atoms with E-state index >= 15 is 0 Å². The summed E-state index contributed by atoms with van der Waals surface area (Å²) in [5.41, 5.74) is 0.387. The van der Waals surface area contributed by atoms with Crippen LogP contribution in [0.25, 0.3) is 0 Å². The maximum Gasteiger partial charge on any atom is 0.573 e. The second kappa shape index (κ2) is 4.42. The average molecular weight is 220 g/mol. The molecule has 0 aliphatic heterocycles. The van der Waals surface area contributed by atoms with Gasteiger partial charge in [-0.25, -0.2) is 0 Å². The molecule has 0 saturated heterocycles. The molecular weight excluding hydrogens is 209 g/mol. The SMILES string of the molecule is CCOc1cccc(C)c1OC(F)(F)F. The summed E-state index contributed by atoms with van der Waals surface area (Å²) in [5, 5.41) is 0. The van der Waals surface area contributed by atoms with Gasteiger partial charge in [0.2, 0.25) is 0 Å². The highest BCUT2D eigenvalue weighted by molar-refractivity contribution is 5.45. The fourth-order valence-electron chi connectivity index (χ4n) is 1.14. The molecule has 5 heteroatoms. The van der Waals surface area contributed by atoms with Crippen molar-refractivity contribution in [2.24, 2.45) is 0 Å². The summed E-state index contributed by atoms with van der Waals surface area (Å²) in [6, 6.07) is 4.59. The normalized spacial score (nSPS) is 11.3. The molecule has 1 rings (SSSR count). The summed E-state index contributed by atoms with van der Waals surface area (Å²) in [7, 11) is 0. The maximum absolute atomic E-state index is 12.1. The van der Waals surface area contributed by atoms with Crippen molar-refractivity contribution in [2.75, 3.05) is 6.61 Å². The van der Waals surface area contributed by atoms with E-state index in [2.05, 4.69) is 4.74 Å². The van der Waals surface area contributed by atoms with Gasteiger partial charge in [-0.15, -0.1) is 13.2 Å². The topological polar surface area (TPSA) is 18.5 Å². The van der Waals surface area contributed by atoms with Crippen LogP contribution in [0.5, 0.6) is 11.5 Å². The maximum atomic E-state index is 12.1. The highest BCUT2D eigenvalue weighted by atomic mass is 19.4. The molecule has 0 radical (unpaired) electrons. The molecule has 2 nitrogen and oxygen atoms in total. The summed E-state index contributed by atoms with van der Waals surface area (Å²) >= 11 is 0. The van der Waals surface area contributed by atoms with Gasteiger partial charge in [0.1, 0.15) is 0 Å². The standard InChI is InChI=1S/C10H11F3O2/c1-3-14-8-6-4-5-7(2)9(8)15-10(11,12)13/h4-6H,3H2,1-2H3. The van der Waals surface area contributed by atoms with Crippen LogP contribution in [0, 0.1) is 6.92 Å². The zero-order valence-corrected chi connectivity index (χ0v) is 8.39. The Bertz CT molecular complexity index is 334. The first-order valence-electron chi connectivity index (χ1n) is 4.42. The molecule has 0 heterocycles. The van der Waals surface area contributed by atoms with E-state index in [0.29, 0.717) is 5.56 Å². The van der Waals surface area contributed by atoms with E-state index in [-0.39, 0.29) is 18.1 Å². The van der Waals surface area contributed by atoms with Gasteiger partial charge in [-0.05, 0) is 25.5 Å². The molecule has 0 spiro atoms. The lowest BCUT2D eigenvalue weighted by Crippen LogP contribution is -2.18. The van der Waals surface area contributed by atoms with Crippen LogP contribution in [0.15, 0.2) is 18.2 Å². The predicted molar refractivity (Wildman–Crippen MR) is 49.0 cm³/mol. The van der Waals surface area contributed by atoms with Crippen molar-refractivity contribution in [3.8, 4) is 11.5 Å². The summed E-state index contributed by atoms with van der Waals surface area (Å²) < 4.78 is 45.1. The summed E-state index contributed by atoms with van der Waals surface area (Å²) in [6.45, 7) is 3.51. The lowest BCUT2D eigenvalue weighted by Gasteiger charge is -2.15. The molecule has 0 fully saturated rings. The Kier molecular flexibility index (Phi) is 3.44. The number of alkyl halides is 3. The van der Waals surface area contributed by atoms with Crippen molar-refractivity contribution in [2.45, 2.75) is 20.2 Å². The van der Waals surface area contributed by atoms with E-state index in [1.54, 1.807) is 13.0 Å². The van der Waals surface area contributed by atoms with Crippen LogP contribution >= 0.6 is 0 Å². The van der Waals surface area contributed by atoms with E-state index < -0.39 is 6.36 Å². The largest absolute Gasteiger partial charge is 0.573 e. The number of benzene rings is 1. The number of hydrogen-bond acceptors (Lipinski definition) is 2. The lowest BCUT2D eigenvalue weighted by molar-refractivity contribution is -0.275. The van der Waals surface area contributed by atoms with Crippen molar-refractivity contribution in [1.82, 2.24) is 0 Å². The summed E-state index contributed by atoms with van der Waals surface area (Å²) in [6.07, 6.45) is -4.70. The molecule has 0 amide bonds. The van der Waals surface area contributed by atoms with Gasteiger partial charge >= 0.3 is 6.36 Å². The van der Waals surface area contributed by atoms with Crippen molar-refractivity contribution in [1.29, 1.82) is 0 Å². The monoisotopic (exact) mass is 220 g/mol. The van der Waals surface area contributed by atoms with Gasteiger partial charge in [0.05, 0.1) is 6.61 Å². The van der Waals surface area contributed by atoms with Crippen molar-refractivity contribution in [3.63, 3.8) is 0 Å². The van der Waals surface area contributed by atoms with Crippen LogP contribution in [0.1, 0.15) is 12.5 Å². The second-order valence-electron chi connectivity index (χ2n) is 2.88. The number of para-hydroxylation sites is 1. The highest BCUT2D eigenvalue weighted by Crippen LogP contribution is 2.34. The van der Waals surface area contributed by atoms with Crippen LogP contribution in [0.4, 0.5) is 13.2 Å². The third-order valence-electron chi connectivity index (χ3n) is 1.69. The van der Waals surface area contributed by atoms with Gasteiger partial charge in [0.25, 0.3) is 0 Å². The van der Waals surface area contributed by atoms with E-state index in [1.807, 2.05) is 0 Å². The molecule has 1 aromatic rings. The Labute approximate surface area is 85.6 Å². The number of rotatable bonds is 3. The Morgan fingerprint density at radius 1 is 1.27 bits per heavy atom. The number of ether oxygens (including phenoxy) is 2. The molecule has 0 unspecified atom stereocenters. The minimum Gasteiger partial charge on any atom is -0.490 e. The molecule has 0 saturated carbocycles. The minimum absolute atomic E-state index is 0.106. The molecule has 1 aromatic carbocycles. The van der Waals surface area contributed by atoms with Crippen LogP contribution < -0.4 is 9.47 Å². The first-order valence-corrected chi connectivity index (χ1v) is 4.42. The Morgan fingerprint density at radius 2 is 1.93 bits per heavy atom. The quantitative estimate of drug-likeness (QED) is 0.778. The number of hydrogen-bond donors (Lipinski definition) is 0. The highest BCUT2D eigenvalue weighted by Gasteiger charge is 2.33. The molecule has 84 valence electrons. The molecule has 0 bridgehead atoms. The first kappa shape index (κ1) is 11.7. The van der Waals surface area contributed by atoms with Gasteiger partial charge in [-0.3, -0.25) is 0 Å². The van der Waals surface area contributed by atoms with E-state index in [1.165, 1.54) is 19.1 Å². The van der Waals surface area contributed by atoms with Crippen LogP contribution in [-0.4, -0.2) is 13.0 Å². The minimum atomic E-state index is -4.70. The summed E-state index contributed by atoms with van der Waals surface area (Å²) in [4.78, 5) is 0. The van der Waals surface area contributed by atoms with Crippen molar-refractivity contribution >= 4 is 0 Å². The number of halogens is 3. The third kappa shape index (κ3) is 3.34. The Balaban J connectivity index is 3.02.